The minimum Gasteiger partial charge on any atom is -0.396 e. The predicted octanol–water partition coefficient (Wildman–Crippen LogP) is 2.39. The average molecular weight is 182 g/mol. The molecule has 1 unspecified atom stereocenters. The third-order valence-corrected chi connectivity index (χ3v) is 2.12. The Morgan fingerprint density at radius 3 is 2.46 bits per heavy atom. The molecule has 0 aliphatic heterocycles. The maximum Gasteiger partial charge on any atom is 0.123 e. The number of hydrogen-bond acceptors (Lipinski definition) is 1. The third-order valence-electron chi connectivity index (χ3n) is 2.12. The first-order valence-corrected chi connectivity index (χ1v) is 4.57. The van der Waals surface area contributed by atoms with E-state index in [0.29, 0.717) is 5.92 Å². The Bertz CT molecular complexity index is 243. The predicted molar refractivity (Wildman–Crippen MR) is 51.0 cm³/mol. The van der Waals surface area contributed by atoms with Gasteiger partial charge in [0, 0.05) is 6.61 Å². The van der Waals surface area contributed by atoms with Gasteiger partial charge in [-0.1, -0.05) is 19.1 Å². The van der Waals surface area contributed by atoms with Crippen LogP contribution in [0.4, 0.5) is 4.39 Å². The Kier molecular flexibility index (Phi) is 3.90. The molecule has 0 heterocycles. The SMILES string of the molecule is CC(CCO)Cc1ccc(F)cc1. The van der Waals surface area contributed by atoms with Gasteiger partial charge in [0.15, 0.2) is 0 Å². The molecule has 0 saturated heterocycles. The zero-order valence-electron chi connectivity index (χ0n) is 7.83. The van der Waals surface area contributed by atoms with Crippen molar-refractivity contribution in [2.45, 2.75) is 19.8 Å². The molecule has 1 aromatic carbocycles. The summed E-state index contributed by atoms with van der Waals surface area (Å²) in [4.78, 5) is 0. The Hall–Kier alpha value is -0.890. The van der Waals surface area contributed by atoms with Crippen molar-refractivity contribution >= 4 is 0 Å². The van der Waals surface area contributed by atoms with Gasteiger partial charge in [-0.25, -0.2) is 4.39 Å². The highest BCUT2D eigenvalue weighted by Crippen LogP contribution is 2.11. The van der Waals surface area contributed by atoms with Crippen LogP contribution in [-0.4, -0.2) is 11.7 Å². The van der Waals surface area contributed by atoms with Crippen molar-refractivity contribution < 1.29 is 9.50 Å². The maximum absolute atomic E-state index is 12.5. The van der Waals surface area contributed by atoms with Crippen molar-refractivity contribution in [2.75, 3.05) is 6.61 Å². The molecule has 0 saturated carbocycles. The Balaban J connectivity index is 2.49. The first-order valence-electron chi connectivity index (χ1n) is 4.57. The molecular weight excluding hydrogens is 167 g/mol. The summed E-state index contributed by atoms with van der Waals surface area (Å²) in [6.07, 6.45) is 1.71. The van der Waals surface area contributed by atoms with Crippen LogP contribution in [0.15, 0.2) is 24.3 Å². The van der Waals surface area contributed by atoms with Gasteiger partial charge in [0.1, 0.15) is 5.82 Å². The van der Waals surface area contributed by atoms with Gasteiger partial charge >= 0.3 is 0 Å². The van der Waals surface area contributed by atoms with Gasteiger partial charge in [-0.3, -0.25) is 0 Å². The molecule has 0 radical (unpaired) electrons. The first-order chi connectivity index (χ1) is 6.22. The van der Waals surface area contributed by atoms with Crippen LogP contribution in [0, 0.1) is 11.7 Å². The van der Waals surface area contributed by atoms with Crippen molar-refractivity contribution in [3.63, 3.8) is 0 Å². The number of halogens is 1. The van der Waals surface area contributed by atoms with E-state index in [1.165, 1.54) is 12.1 Å². The highest BCUT2D eigenvalue weighted by molar-refractivity contribution is 5.16. The van der Waals surface area contributed by atoms with E-state index in [1.54, 1.807) is 12.1 Å². The van der Waals surface area contributed by atoms with Crippen molar-refractivity contribution in [3.05, 3.63) is 35.6 Å². The largest absolute Gasteiger partial charge is 0.396 e. The number of rotatable bonds is 4. The molecule has 0 aliphatic rings. The van der Waals surface area contributed by atoms with Crippen LogP contribution in [0.1, 0.15) is 18.9 Å². The van der Waals surface area contributed by atoms with Crippen LogP contribution in [0.5, 0.6) is 0 Å². The van der Waals surface area contributed by atoms with E-state index in [4.69, 9.17) is 5.11 Å². The van der Waals surface area contributed by atoms with E-state index in [0.717, 1.165) is 18.4 Å². The number of hydrogen-bond donors (Lipinski definition) is 1. The third kappa shape index (κ3) is 3.55. The fourth-order valence-corrected chi connectivity index (χ4v) is 1.35. The van der Waals surface area contributed by atoms with Crippen LogP contribution in [0.2, 0.25) is 0 Å². The molecule has 0 aromatic heterocycles. The second-order valence-electron chi connectivity index (χ2n) is 3.45. The molecule has 1 atom stereocenters. The number of aliphatic hydroxyl groups is 1. The first kappa shape index (κ1) is 10.2. The topological polar surface area (TPSA) is 20.2 Å². The van der Waals surface area contributed by atoms with Gasteiger partial charge < -0.3 is 5.11 Å². The smallest absolute Gasteiger partial charge is 0.123 e. The van der Waals surface area contributed by atoms with Crippen LogP contribution >= 0.6 is 0 Å². The fourth-order valence-electron chi connectivity index (χ4n) is 1.35. The van der Waals surface area contributed by atoms with Crippen molar-refractivity contribution in [1.82, 2.24) is 0 Å². The molecule has 0 amide bonds. The molecule has 0 bridgehead atoms. The summed E-state index contributed by atoms with van der Waals surface area (Å²) in [5, 5.41) is 8.70. The molecule has 72 valence electrons. The van der Waals surface area contributed by atoms with Gasteiger partial charge in [0.25, 0.3) is 0 Å². The quantitative estimate of drug-likeness (QED) is 0.758. The Morgan fingerprint density at radius 1 is 1.31 bits per heavy atom. The molecule has 2 heteroatoms. The highest BCUT2D eigenvalue weighted by atomic mass is 19.1. The summed E-state index contributed by atoms with van der Waals surface area (Å²) in [5.41, 5.74) is 1.13. The van der Waals surface area contributed by atoms with Gasteiger partial charge in [0.2, 0.25) is 0 Å². The van der Waals surface area contributed by atoms with Crippen molar-refractivity contribution in [1.29, 1.82) is 0 Å². The van der Waals surface area contributed by atoms with Gasteiger partial charge in [-0.15, -0.1) is 0 Å². The van der Waals surface area contributed by atoms with E-state index in [-0.39, 0.29) is 12.4 Å². The summed E-state index contributed by atoms with van der Waals surface area (Å²) >= 11 is 0. The van der Waals surface area contributed by atoms with Crippen molar-refractivity contribution in [2.24, 2.45) is 5.92 Å². The lowest BCUT2D eigenvalue weighted by molar-refractivity contribution is 0.262. The molecule has 1 N–H and O–H groups in total. The maximum atomic E-state index is 12.5. The number of aliphatic hydroxyl groups excluding tert-OH is 1. The zero-order valence-corrected chi connectivity index (χ0v) is 7.83. The molecule has 13 heavy (non-hydrogen) atoms. The summed E-state index contributed by atoms with van der Waals surface area (Å²) in [6, 6.07) is 6.54. The second kappa shape index (κ2) is 4.97. The van der Waals surface area contributed by atoms with Crippen LogP contribution in [0.25, 0.3) is 0 Å². The minimum absolute atomic E-state index is 0.196. The van der Waals surface area contributed by atoms with Gasteiger partial charge in [-0.2, -0.15) is 0 Å². The van der Waals surface area contributed by atoms with E-state index in [1.807, 2.05) is 0 Å². The van der Waals surface area contributed by atoms with E-state index < -0.39 is 0 Å². The zero-order chi connectivity index (χ0) is 9.68. The highest BCUT2D eigenvalue weighted by Gasteiger charge is 2.02. The van der Waals surface area contributed by atoms with Crippen LogP contribution in [0.3, 0.4) is 0 Å². The van der Waals surface area contributed by atoms with Crippen molar-refractivity contribution in [3.8, 4) is 0 Å². The van der Waals surface area contributed by atoms with E-state index in [2.05, 4.69) is 6.92 Å². The second-order valence-corrected chi connectivity index (χ2v) is 3.45. The van der Waals surface area contributed by atoms with Crippen LogP contribution < -0.4 is 0 Å². The molecule has 0 aliphatic carbocycles. The molecule has 1 aromatic rings. The molecular formula is C11H15FO. The standard InChI is InChI=1S/C11H15FO/c1-9(6-7-13)8-10-2-4-11(12)5-3-10/h2-5,9,13H,6-8H2,1H3. The summed E-state index contributed by atoms with van der Waals surface area (Å²) < 4.78 is 12.5. The van der Waals surface area contributed by atoms with Gasteiger partial charge in [-0.05, 0) is 36.5 Å². The molecule has 1 rings (SSSR count). The monoisotopic (exact) mass is 182 g/mol. The fraction of sp³-hybridized carbons (Fsp3) is 0.455. The molecule has 0 spiro atoms. The summed E-state index contributed by atoms with van der Waals surface area (Å²) in [5.74, 6) is 0.258. The Labute approximate surface area is 78.2 Å². The molecule has 0 fully saturated rings. The Morgan fingerprint density at radius 2 is 1.92 bits per heavy atom. The lowest BCUT2D eigenvalue weighted by Crippen LogP contribution is -2.02. The van der Waals surface area contributed by atoms with E-state index >= 15 is 0 Å². The summed E-state index contributed by atoms with van der Waals surface area (Å²) in [6.45, 7) is 2.31. The average Bonchev–Trinajstić information content (AvgIpc) is 2.09. The van der Waals surface area contributed by atoms with Crippen LogP contribution in [-0.2, 0) is 6.42 Å². The molecule has 1 nitrogen and oxygen atoms in total. The van der Waals surface area contributed by atoms with Gasteiger partial charge in [0.05, 0.1) is 0 Å². The normalized spacial score (nSPS) is 12.8. The number of benzene rings is 1. The summed E-state index contributed by atoms with van der Waals surface area (Å²) in [7, 11) is 0. The lowest BCUT2D eigenvalue weighted by Gasteiger charge is -2.08. The lowest BCUT2D eigenvalue weighted by atomic mass is 9.99. The minimum atomic E-state index is -0.196. The van der Waals surface area contributed by atoms with E-state index in [9.17, 15) is 4.39 Å².